The zero-order chi connectivity index (χ0) is 14.7. The normalized spacial score (nSPS) is 10.2. The Hall–Kier alpha value is -2.77. The summed E-state index contributed by atoms with van der Waals surface area (Å²) in [5, 5.41) is 0. The van der Waals surface area contributed by atoms with Crippen LogP contribution in [0.4, 0.5) is 11.9 Å². The zero-order valence-electron chi connectivity index (χ0n) is 11.4. The van der Waals surface area contributed by atoms with Crippen molar-refractivity contribution in [3.63, 3.8) is 0 Å². The SMILES string of the molecule is COc1cc(OC)c(-c2nc(N)nc(N)n2)cc1OC. The van der Waals surface area contributed by atoms with Gasteiger partial charge in [-0.3, -0.25) is 0 Å². The first-order valence-corrected chi connectivity index (χ1v) is 5.66. The fourth-order valence-corrected chi connectivity index (χ4v) is 1.73. The molecule has 0 bridgehead atoms. The Kier molecular flexibility index (Phi) is 3.74. The summed E-state index contributed by atoms with van der Waals surface area (Å²) in [5.41, 5.74) is 11.7. The Labute approximate surface area is 115 Å². The largest absolute Gasteiger partial charge is 0.496 e. The van der Waals surface area contributed by atoms with Gasteiger partial charge in [0.25, 0.3) is 0 Å². The second-order valence-electron chi connectivity index (χ2n) is 3.78. The molecule has 0 spiro atoms. The molecule has 0 amide bonds. The molecular weight excluding hydrogens is 262 g/mol. The summed E-state index contributed by atoms with van der Waals surface area (Å²) in [6, 6.07) is 3.36. The minimum atomic E-state index is 0.0318. The summed E-state index contributed by atoms with van der Waals surface area (Å²) in [4.78, 5) is 11.8. The number of hydrogen-bond acceptors (Lipinski definition) is 8. The van der Waals surface area contributed by atoms with E-state index in [4.69, 9.17) is 25.7 Å². The molecule has 1 aromatic heterocycles. The molecule has 8 nitrogen and oxygen atoms in total. The summed E-state index contributed by atoms with van der Waals surface area (Å²) in [6.07, 6.45) is 0. The van der Waals surface area contributed by atoms with E-state index in [1.165, 1.54) is 21.3 Å². The van der Waals surface area contributed by atoms with Gasteiger partial charge in [-0.25, -0.2) is 0 Å². The van der Waals surface area contributed by atoms with Gasteiger partial charge in [0.15, 0.2) is 17.3 Å². The molecule has 106 valence electrons. The number of ether oxygens (including phenoxy) is 3. The Morgan fingerprint density at radius 2 is 1.25 bits per heavy atom. The quantitative estimate of drug-likeness (QED) is 0.839. The van der Waals surface area contributed by atoms with E-state index in [0.717, 1.165) is 0 Å². The molecule has 0 fully saturated rings. The van der Waals surface area contributed by atoms with Crippen LogP contribution in [0.15, 0.2) is 12.1 Å². The molecule has 1 aromatic carbocycles. The number of nitrogens with zero attached hydrogens (tertiary/aromatic N) is 3. The second kappa shape index (κ2) is 5.47. The van der Waals surface area contributed by atoms with E-state index in [1.807, 2.05) is 0 Å². The summed E-state index contributed by atoms with van der Waals surface area (Å²) in [7, 11) is 4.60. The highest BCUT2D eigenvalue weighted by Crippen LogP contribution is 2.38. The molecule has 0 aliphatic carbocycles. The molecule has 2 rings (SSSR count). The predicted octanol–water partition coefficient (Wildman–Crippen LogP) is 0.729. The van der Waals surface area contributed by atoms with Crippen LogP contribution >= 0.6 is 0 Å². The van der Waals surface area contributed by atoms with Crippen LogP contribution in [0.2, 0.25) is 0 Å². The van der Waals surface area contributed by atoms with Crippen molar-refractivity contribution in [2.75, 3.05) is 32.8 Å². The number of anilines is 2. The number of nitrogens with two attached hydrogens (primary N) is 2. The van der Waals surface area contributed by atoms with Gasteiger partial charge in [-0.1, -0.05) is 0 Å². The summed E-state index contributed by atoms with van der Waals surface area (Å²) in [5.74, 6) is 1.91. The average molecular weight is 277 g/mol. The van der Waals surface area contributed by atoms with Crippen molar-refractivity contribution in [3.8, 4) is 28.6 Å². The number of benzene rings is 1. The van der Waals surface area contributed by atoms with Gasteiger partial charge in [-0.15, -0.1) is 0 Å². The highest BCUT2D eigenvalue weighted by Gasteiger charge is 2.16. The van der Waals surface area contributed by atoms with Crippen molar-refractivity contribution in [3.05, 3.63) is 12.1 Å². The zero-order valence-corrected chi connectivity index (χ0v) is 11.4. The number of aromatic nitrogens is 3. The standard InChI is InChI=1S/C12H15N5O3/c1-18-7-5-9(20-3)8(19-2)4-6(7)10-15-11(13)17-12(14)16-10/h4-5H,1-3H3,(H4,13,14,15,16,17). The maximum atomic E-state index is 5.58. The molecule has 4 N–H and O–H groups in total. The van der Waals surface area contributed by atoms with Crippen molar-refractivity contribution in [2.24, 2.45) is 0 Å². The van der Waals surface area contributed by atoms with Gasteiger partial charge in [0.1, 0.15) is 5.75 Å². The molecule has 0 aliphatic rings. The number of hydrogen-bond donors (Lipinski definition) is 2. The molecule has 0 atom stereocenters. The third-order valence-corrected chi connectivity index (χ3v) is 2.62. The third-order valence-electron chi connectivity index (χ3n) is 2.62. The monoisotopic (exact) mass is 277 g/mol. The maximum Gasteiger partial charge on any atom is 0.225 e. The van der Waals surface area contributed by atoms with Gasteiger partial charge >= 0.3 is 0 Å². The van der Waals surface area contributed by atoms with Crippen LogP contribution in [0.3, 0.4) is 0 Å². The fourth-order valence-electron chi connectivity index (χ4n) is 1.73. The van der Waals surface area contributed by atoms with Crippen LogP contribution in [-0.2, 0) is 0 Å². The van der Waals surface area contributed by atoms with E-state index in [1.54, 1.807) is 12.1 Å². The molecular formula is C12H15N5O3. The maximum absolute atomic E-state index is 5.58. The lowest BCUT2D eigenvalue weighted by atomic mass is 10.1. The Morgan fingerprint density at radius 1 is 0.750 bits per heavy atom. The first kappa shape index (κ1) is 13.7. The summed E-state index contributed by atoms with van der Waals surface area (Å²) in [6.45, 7) is 0. The Morgan fingerprint density at radius 3 is 1.75 bits per heavy atom. The van der Waals surface area contributed by atoms with Crippen LogP contribution in [0.5, 0.6) is 17.2 Å². The van der Waals surface area contributed by atoms with E-state index < -0.39 is 0 Å². The smallest absolute Gasteiger partial charge is 0.225 e. The average Bonchev–Trinajstić information content (AvgIpc) is 2.44. The lowest BCUT2D eigenvalue weighted by Crippen LogP contribution is -2.05. The number of nitrogen functional groups attached to an aromatic ring is 2. The van der Waals surface area contributed by atoms with Crippen LogP contribution in [0, 0.1) is 0 Å². The van der Waals surface area contributed by atoms with Gasteiger partial charge < -0.3 is 25.7 Å². The van der Waals surface area contributed by atoms with Gasteiger partial charge in [-0.2, -0.15) is 15.0 Å². The molecule has 1 heterocycles. The molecule has 2 aromatic rings. The molecule has 0 radical (unpaired) electrons. The van der Waals surface area contributed by atoms with Crippen LogP contribution in [0.25, 0.3) is 11.4 Å². The van der Waals surface area contributed by atoms with Crippen LogP contribution in [0.1, 0.15) is 0 Å². The van der Waals surface area contributed by atoms with Crippen LogP contribution < -0.4 is 25.7 Å². The molecule has 0 aliphatic heterocycles. The van der Waals surface area contributed by atoms with E-state index >= 15 is 0 Å². The van der Waals surface area contributed by atoms with Gasteiger partial charge in [0.05, 0.1) is 26.9 Å². The highest BCUT2D eigenvalue weighted by atomic mass is 16.5. The Balaban J connectivity index is 2.65. The molecule has 0 saturated heterocycles. The van der Waals surface area contributed by atoms with E-state index in [0.29, 0.717) is 28.6 Å². The van der Waals surface area contributed by atoms with E-state index in [-0.39, 0.29) is 11.9 Å². The first-order chi connectivity index (χ1) is 9.58. The fraction of sp³-hybridized carbons (Fsp3) is 0.250. The predicted molar refractivity (Wildman–Crippen MR) is 73.7 cm³/mol. The summed E-state index contributed by atoms with van der Waals surface area (Å²) < 4.78 is 15.8. The lowest BCUT2D eigenvalue weighted by molar-refractivity contribution is 0.349. The molecule has 0 saturated carbocycles. The van der Waals surface area contributed by atoms with Gasteiger partial charge in [0, 0.05) is 6.07 Å². The topological polar surface area (TPSA) is 118 Å². The summed E-state index contributed by atoms with van der Waals surface area (Å²) >= 11 is 0. The van der Waals surface area contributed by atoms with Crippen molar-refractivity contribution >= 4 is 11.9 Å². The van der Waals surface area contributed by atoms with Gasteiger partial charge in [-0.05, 0) is 6.07 Å². The van der Waals surface area contributed by atoms with Crippen molar-refractivity contribution in [2.45, 2.75) is 0 Å². The lowest BCUT2D eigenvalue weighted by Gasteiger charge is -2.13. The van der Waals surface area contributed by atoms with Crippen molar-refractivity contribution in [1.29, 1.82) is 0 Å². The third kappa shape index (κ3) is 2.48. The van der Waals surface area contributed by atoms with Gasteiger partial charge in [0.2, 0.25) is 11.9 Å². The van der Waals surface area contributed by atoms with E-state index in [2.05, 4.69) is 15.0 Å². The minimum absolute atomic E-state index is 0.0318. The molecule has 20 heavy (non-hydrogen) atoms. The van der Waals surface area contributed by atoms with Crippen LogP contribution in [-0.4, -0.2) is 36.3 Å². The van der Waals surface area contributed by atoms with Crippen molar-refractivity contribution < 1.29 is 14.2 Å². The number of rotatable bonds is 4. The minimum Gasteiger partial charge on any atom is -0.496 e. The Bertz CT molecular complexity index is 612. The first-order valence-electron chi connectivity index (χ1n) is 5.66. The highest BCUT2D eigenvalue weighted by molar-refractivity contribution is 5.70. The molecule has 8 heteroatoms. The molecule has 0 unspecified atom stereocenters. The number of methoxy groups -OCH3 is 3. The van der Waals surface area contributed by atoms with Crippen molar-refractivity contribution in [1.82, 2.24) is 15.0 Å². The second-order valence-corrected chi connectivity index (χ2v) is 3.78. The van der Waals surface area contributed by atoms with E-state index in [9.17, 15) is 0 Å².